The molecule has 2 N–H and O–H groups in total. The number of pyridine rings is 1. The second kappa shape index (κ2) is 7.19. The number of nitrogens with zero attached hydrogens (tertiary/aromatic N) is 1. The predicted molar refractivity (Wildman–Crippen MR) is 63.4 cm³/mol. The van der Waals surface area contributed by atoms with Crippen molar-refractivity contribution < 1.29 is 9.47 Å². The first-order chi connectivity index (χ1) is 7.74. The fraction of sp³-hybridized carbons (Fsp3) is 0.583. The Labute approximate surface area is 96.8 Å². The number of nitrogens with two attached hydrogens (primary N) is 1. The summed E-state index contributed by atoms with van der Waals surface area (Å²) in [4.78, 5) is 4.11. The Morgan fingerprint density at radius 2 is 2.19 bits per heavy atom. The van der Waals surface area contributed by atoms with Crippen molar-refractivity contribution >= 4 is 0 Å². The largest absolute Gasteiger partial charge is 0.475 e. The molecular weight excluding hydrogens is 204 g/mol. The number of aromatic nitrogens is 1. The van der Waals surface area contributed by atoms with Gasteiger partial charge in [-0.2, -0.15) is 0 Å². The van der Waals surface area contributed by atoms with Gasteiger partial charge < -0.3 is 15.2 Å². The molecule has 0 amide bonds. The van der Waals surface area contributed by atoms with Crippen LogP contribution in [0.25, 0.3) is 0 Å². The van der Waals surface area contributed by atoms with Crippen LogP contribution >= 0.6 is 0 Å². The molecule has 1 rings (SSSR count). The van der Waals surface area contributed by atoms with Crippen molar-refractivity contribution in [1.82, 2.24) is 4.98 Å². The lowest BCUT2D eigenvalue weighted by Crippen LogP contribution is -2.09. The van der Waals surface area contributed by atoms with E-state index in [4.69, 9.17) is 15.2 Å². The lowest BCUT2D eigenvalue weighted by atomic mass is 10.1. The molecule has 1 heterocycles. The number of hydrogen-bond acceptors (Lipinski definition) is 4. The summed E-state index contributed by atoms with van der Waals surface area (Å²) >= 11 is 0. The van der Waals surface area contributed by atoms with E-state index in [2.05, 4.69) is 11.9 Å². The van der Waals surface area contributed by atoms with Gasteiger partial charge in [0, 0.05) is 24.9 Å². The molecular formula is C12H20N2O2. The third-order valence-corrected chi connectivity index (χ3v) is 2.11. The highest BCUT2D eigenvalue weighted by Gasteiger charge is 2.02. The second-order valence-electron chi connectivity index (χ2n) is 3.68. The van der Waals surface area contributed by atoms with Crippen LogP contribution < -0.4 is 10.5 Å². The quantitative estimate of drug-likeness (QED) is 0.719. The van der Waals surface area contributed by atoms with E-state index in [1.54, 1.807) is 6.20 Å². The molecule has 1 aromatic rings. The minimum atomic E-state index is 0.00157. The normalized spacial score (nSPS) is 12.4. The standard InChI is InChI=1S/C12H20N2O2/c1-3-6-15-7-8-16-12-9-11(10(2)13)4-5-14-12/h4-5,9-10H,3,6-8,13H2,1-2H3/t10-/m1/s1. The van der Waals surface area contributed by atoms with Crippen molar-refractivity contribution in [2.75, 3.05) is 19.8 Å². The molecule has 4 heteroatoms. The molecule has 16 heavy (non-hydrogen) atoms. The van der Waals surface area contributed by atoms with E-state index in [9.17, 15) is 0 Å². The van der Waals surface area contributed by atoms with Crippen LogP contribution in [0.2, 0.25) is 0 Å². The van der Waals surface area contributed by atoms with E-state index in [1.807, 2.05) is 19.1 Å². The maximum absolute atomic E-state index is 5.77. The zero-order valence-corrected chi connectivity index (χ0v) is 9.98. The maximum atomic E-state index is 5.77. The topological polar surface area (TPSA) is 57.4 Å². The molecule has 0 aliphatic carbocycles. The molecule has 0 saturated carbocycles. The fourth-order valence-electron chi connectivity index (χ4n) is 1.24. The molecule has 90 valence electrons. The molecule has 1 aromatic heterocycles. The van der Waals surface area contributed by atoms with Gasteiger partial charge in [-0.05, 0) is 25.0 Å². The van der Waals surface area contributed by atoms with Gasteiger partial charge in [-0.15, -0.1) is 0 Å². The number of hydrogen-bond donors (Lipinski definition) is 1. The van der Waals surface area contributed by atoms with E-state index in [0.717, 1.165) is 18.6 Å². The Morgan fingerprint density at radius 3 is 2.88 bits per heavy atom. The lowest BCUT2D eigenvalue weighted by Gasteiger charge is -2.09. The van der Waals surface area contributed by atoms with Crippen LogP contribution in [0.4, 0.5) is 0 Å². The molecule has 0 aromatic carbocycles. The van der Waals surface area contributed by atoms with Crippen molar-refractivity contribution in [3.8, 4) is 5.88 Å². The first-order valence-corrected chi connectivity index (χ1v) is 5.66. The summed E-state index contributed by atoms with van der Waals surface area (Å²) in [6.07, 6.45) is 2.74. The molecule has 0 bridgehead atoms. The highest BCUT2D eigenvalue weighted by Crippen LogP contribution is 2.14. The van der Waals surface area contributed by atoms with Crippen molar-refractivity contribution in [2.45, 2.75) is 26.3 Å². The Bertz CT molecular complexity index is 303. The number of rotatable bonds is 7. The molecule has 0 aliphatic rings. The molecule has 0 radical (unpaired) electrons. The van der Waals surface area contributed by atoms with Crippen LogP contribution in [0.5, 0.6) is 5.88 Å². The molecule has 1 atom stereocenters. The monoisotopic (exact) mass is 224 g/mol. The Hall–Kier alpha value is -1.13. The minimum absolute atomic E-state index is 0.00157. The average Bonchev–Trinajstić information content (AvgIpc) is 2.29. The molecule has 0 saturated heterocycles. The van der Waals surface area contributed by atoms with Crippen molar-refractivity contribution in [2.24, 2.45) is 5.73 Å². The van der Waals surface area contributed by atoms with Gasteiger partial charge in [0.25, 0.3) is 0 Å². The van der Waals surface area contributed by atoms with Gasteiger partial charge in [0.15, 0.2) is 0 Å². The molecule has 0 aliphatic heterocycles. The van der Waals surface area contributed by atoms with Gasteiger partial charge >= 0.3 is 0 Å². The SMILES string of the molecule is CCCOCCOc1cc([C@@H](C)N)ccn1. The van der Waals surface area contributed by atoms with Gasteiger partial charge in [-0.3, -0.25) is 0 Å². The van der Waals surface area contributed by atoms with Crippen LogP contribution in [0.1, 0.15) is 31.9 Å². The highest BCUT2D eigenvalue weighted by atomic mass is 16.5. The smallest absolute Gasteiger partial charge is 0.213 e. The average molecular weight is 224 g/mol. The zero-order valence-electron chi connectivity index (χ0n) is 9.98. The summed E-state index contributed by atoms with van der Waals surface area (Å²) in [7, 11) is 0. The summed E-state index contributed by atoms with van der Waals surface area (Å²) < 4.78 is 10.8. The molecule has 0 spiro atoms. The van der Waals surface area contributed by atoms with Crippen molar-refractivity contribution in [3.05, 3.63) is 23.9 Å². The van der Waals surface area contributed by atoms with E-state index in [1.165, 1.54) is 0 Å². The van der Waals surface area contributed by atoms with E-state index in [0.29, 0.717) is 19.1 Å². The van der Waals surface area contributed by atoms with Crippen LogP contribution in [-0.2, 0) is 4.74 Å². The Kier molecular flexibility index (Phi) is 5.82. The first kappa shape index (κ1) is 12.9. The third kappa shape index (κ3) is 4.59. The summed E-state index contributed by atoms with van der Waals surface area (Å²) in [5.41, 5.74) is 6.80. The third-order valence-electron chi connectivity index (χ3n) is 2.11. The highest BCUT2D eigenvalue weighted by molar-refractivity contribution is 5.22. The summed E-state index contributed by atoms with van der Waals surface area (Å²) in [6.45, 7) is 5.90. The van der Waals surface area contributed by atoms with Gasteiger partial charge in [0.1, 0.15) is 6.61 Å². The van der Waals surface area contributed by atoms with E-state index in [-0.39, 0.29) is 6.04 Å². The van der Waals surface area contributed by atoms with E-state index < -0.39 is 0 Å². The van der Waals surface area contributed by atoms with Gasteiger partial charge in [0.2, 0.25) is 5.88 Å². The Balaban J connectivity index is 2.33. The molecule has 0 unspecified atom stereocenters. The lowest BCUT2D eigenvalue weighted by molar-refractivity contribution is 0.0990. The Morgan fingerprint density at radius 1 is 1.38 bits per heavy atom. The number of ether oxygens (including phenoxy) is 2. The van der Waals surface area contributed by atoms with Gasteiger partial charge in [-0.1, -0.05) is 6.92 Å². The zero-order chi connectivity index (χ0) is 11.8. The summed E-state index contributed by atoms with van der Waals surface area (Å²) in [5, 5.41) is 0. The molecule has 0 fully saturated rings. The van der Waals surface area contributed by atoms with Crippen LogP contribution in [0.3, 0.4) is 0 Å². The minimum Gasteiger partial charge on any atom is -0.475 e. The van der Waals surface area contributed by atoms with Crippen molar-refractivity contribution in [3.63, 3.8) is 0 Å². The molecule has 4 nitrogen and oxygen atoms in total. The van der Waals surface area contributed by atoms with Crippen LogP contribution in [0, 0.1) is 0 Å². The van der Waals surface area contributed by atoms with Crippen molar-refractivity contribution in [1.29, 1.82) is 0 Å². The predicted octanol–water partition coefficient (Wildman–Crippen LogP) is 1.91. The van der Waals surface area contributed by atoms with Gasteiger partial charge in [0.05, 0.1) is 6.61 Å². The summed E-state index contributed by atoms with van der Waals surface area (Å²) in [5.74, 6) is 0.606. The van der Waals surface area contributed by atoms with Crippen LogP contribution in [-0.4, -0.2) is 24.8 Å². The van der Waals surface area contributed by atoms with E-state index >= 15 is 0 Å². The fourth-order valence-corrected chi connectivity index (χ4v) is 1.24. The maximum Gasteiger partial charge on any atom is 0.213 e. The second-order valence-corrected chi connectivity index (χ2v) is 3.68. The summed E-state index contributed by atoms with van der Waals surface area (Å²) in [6, 6.07) is 3.76. The first-order valence-electron chi connectivity index (χ1n) is 5.66. The van der Waals surface area contributed by atoms with Gasteiger partial charge in [-0.25, -0.2) is 4.98 Å². The van der Waals surface area contributed by atoms with Crippen LogP contribution in [0.15, 0.2) is 18.3 Å².